The lowest BCUT2D eigenvalue weighted by molar-refractivity contribution is 0.215. The number of benzene rings is 2. The summed E-state index contributed by atoms with van der Waals surface area (Å²) >= 11 is 0. The van der Waals surface area contributed by atoms with E-state index in [9.17, 15) is 0 Å². The van der Waals surface area contributed by atoms with E-state index in [1.165, 1.54) is 22.3 Å². The van der Waals surface area contributed by atoms with Gasteiger partial charge >= 0.3 is 0 Å². The van der Waals surface area contributed by atoms with Gasteiger partial charge in [-0.15, -0.1) is 0 Å². The minimum atomic E-state index is 0.596. The molecule has 1 aliphatic heterocycles. The summed E-state index contributed by atoms with van der Waals surface area (Å²) in [5.74, 6) is 0.935. The monoisotopic (exact) mass is 350 g/mol. The van der Waals surface area contributed by atoms with Crippen LogP contribution < -0.4 is 4.74 Å². The van der Waals surface area contributed by atoms with E-state index < -0.39 is 0 Å². The number of oxime groups is 1. The Morgan fingerprint density at radius 3 is 2.81 bits per heavy atom. The molecule has 1 aliphatic rings. The maximum absolute atomic E-state index is 6.10. The minimum absolute atomic E-state index is 0.596. The Morgan fingerprint density at radius 2 is 2.00 bits per heavy atom. The lowest BCUT2D eigenvalue weighted by atomic mass is 9.92. The third-order valence-corrected chi connectivity index (χ3v) is 4.46. The van der Waals surface area contributed by atoms with E-state index in [2.05, 4.69) is 72.7 Å². The smallest absolute Gasteiger partial charge is 0.127 e. The standard InChI is InChI=1S/C22H26N2O2/c1-24(2)14-6-9-20-19-8-5-4-7-18(19)16-26-22-11-10-17(15-21(20)22)12-13-23-25-3/h4-5,7-11,13,15H,6,12,14,16H2,1-3H3/b20-9-,23-13?. The van der Waals surface area contributed by atoms with Gasteiger partial charge < -0.3 is 14.5 Å². The van der Waals surface area contributed by atoms with E-state index in [4.69, 9.17) is 9.57 Å². The zero-order valence-electron chi connectivity index (χ0n) is 15.7. The van der Waals surface area contributed by atoms with Gasteiger partial charge in [0, 0.05) is 24.7 Å². The van der Waals surface area contributed by atoms with Crippen molar-refractivity contribution in [3.63, 3.8) is 0 Å². The van der Waals surface area contributed by atoms with Crippen LogP contribution in [0, 0.1) is 0 Å². The first-order chi connectivity index (χ1) is 12.7. The fraction of sp³-hybridized carbons (Fsp3) is 0.318. The first-order valence-electron chi connectivity index (χ1n) is 8.93. The van der Waals surface area contributed by atoms with Crippen LogP contribution in [0.25, 0.3) is 5.57 Å². The number of fused-ring (bicyclic) bond motifs is 2. The molecular formula is C22H26N2O2. The molecule has 136 valence electrons. The highest BCUT2D eigenvalue weighted by atomic mass is 16.6. The van der Waals surface area contributed by atoms with Gasteiger partial charge in [-0.25, -0.2) is 0 Å². The van der Waals surface area contributed by atoms with Crippen LogP contribution in [0.3, 0.4) is 0 Å². The molecule has 0 aliphatic carbocycles. The summed E-state index contributed by atoms with van der Waals surface area (Å²) in [6.45, 7) is 1.61. The number of hydrogen-bond donors (Lipinski definition) is 0. The predicted octanol–water partition coefficient (Wildman–Crippen LogP) is 4.14. The molecule has 0 saturated carbocycles. The van der Waals surface area contributed by atoms with Gasteiger partial charge in [0.1, 0.15) is 19.5 Å². The van der Waals surface area contributed by atoms with E-state index in [0.29, 0.717) is 6.61 Å². The molecule has 2 aromatic carbocycles. The maximum atomic E-state index is 6.10. The summed E-state index contributed by atoms with van der Waals surface area (Å²) in [7, 11) is 5.76. The van der Waals surface area contributed by atoms with Crippen LogP contribution in [0.5, 0.6) is 5.75 Å². The fourth-order valence-electron chi connectivity index (χ4n) is 3.15. The second kappa shape index (κ2) is 8.68. The molecule has 26 heavy (non-hydrogen) atoms. The minimum Gasteiger partial charge on any atom is -0.488 e. The second-order valence-corrected chi connectivity index (χ2v) is 6.66. The lowest BCUT2D eigenvalue weighted by Crippen LogP contribution is -2.12. The van der Waals surface area contributed by atoms with Crippen molar-refractivity contribution in [3.05, 3.63) is 70.8 Å². The summed E-state index contributed by atoms with van der Waals surface area (Å²) < 4.78 is 6.10. The molecule has 0 unspecified atom stereocenters. The molecular weight excluding hydrogens is 324 g/mol. The molecule has 0 atom stereocenters. The predicted molar refractivity (Wildman–Crippen MR) is 107 cm³/mol. The van der Waals surface area contributed by atoms with Crippen LogP contribution in [0.2, 0.25) is 0 Å². The summed E-state index contributed by atoms with van der Waals surface area (Å²) in [4.78, 5) is 6.97. The van der Waals surface area contributed by atoms with Gasteiger partial charge in [0.15, 0.2) is 0 Å². The Hall–Kier alpha value is -2.59. The van der Waals surface area contributed by atoms with Crippen LogP contribution in [0.1, 0.15) is 28.7 Å². The zero-order valence-corrected chi connectivity index (χ0v) is 15.7. The largest absolute Gasteiger partial charge is 0.488 e. The molecule has 0 aromatic heterocycles. The van der Waals surface area contributed by atoms with Crippen LogP contribution in [-0.2, 0) is 17.9 Å². The molecule has 0 N–H and O–H groups in total. The summed E-state index contributed by atoms with van der Waals surface area (Å²) in [5, 5.41) is 3.85. The quantitative estimate of drug-likeness (QED) is 0.580. The normalized spacial score (nSPS) is 14.8. The molecule has 0 spiro atoms. The first kappa shape index (κ1) is 18.2. The first-order valence-corrected chi connectivity index (χ1v) is 8.93. The Kier molecular flexibility index (Phi) is 6.08. The van der Waals surface area contributed by atoms with E-state index in [1.807, 2.05) is 0 Å². The Bertz CT molecular complexity index is 810. The van der Waals surface area contributed by atoms with Crippen LogP contribution in [0.15, 0.2) is 53.7 Å². The summed E-state index contributed by atoms with van der Waals surface area (Å²) in [6, 6.07) is 14.9. The second-order valence-electron chi connectivity index (χ2n) is 6.66. The molecule has 0 fully saturated rings. The van der Waals surface area contributed by atoms with Crippen LogP contribution in [-0.4, -0.2) is 38.9 Å². The van der Waals surface area contributed by atoms with Crippen molar-refractivity contribution in [2.75, 3.05) is 27.7 Å². The van der Waals surface area contributed by atoms with Crippen molar-refractivity contribution in [1.29, 1.82) is 0 Å². The van der Waals surface area contributed by atoms with Gasteiger partial charge in [-0.3, -0.25) is 0 Å². The maximum Gasteiger partial charge on any atom is 0.127 e. The highest BCUT2D eigenvalue weighted by molar-refractivity contribution is 5.85. The van der Waals surface area contributed by atoms with E-state index >= 15 is 0 Å². The molecule has 4 heteroatoms. The molecule has 2 aromatic rings. The number of nitrogens with zero attached hydrogens (tertiary/aromatic N) is 2. The molecule has 1 heterocycles. The molecule has 0 radical (unpaired) electrons. The number of rotatable bonds is 6. The third kappa shape index (κ3) is 4.33. The number of hydrogen-bond acceptors (Lipinski definition) is 4. The highest BCUT2D eigenvalue weighted by Crippen LogP contribution is 2.37. The van der Waals surface area contributed by atoms with Gasteiger partial charge in [-0.1, -0.05) is 41.6 Å². The highest BCUT2D eigenvalue weighted by Gasteiger charge is 2.19. The average molecular weight is 350 g/mol. The van der Waals surface area contributed by atoms with E-state index in [0.717, 1.165) is 30.7 Å². The fourth-order valence-corrected chi connectivity index (χ4v) is 3.15. The van der Waals surface area contributed by atoms with E-state index in [-0.39, 0.29) is 0 Å². The third-order valence-electron chi connectivity index (χ3n) is 4.46. The summed E-state index contributed by atoms with van der Waals surface area (Å²) in [5.41, 5.74) is 6.07. The molecule has 0 saturated heterocycles. The van der Waals surface area contributed by atoms with Gasteiger partial charge in [0.05, 0.1) is 0 Å². The summed E-state index contributed by atoms with van der Waals surface area (Å²) in [6.07, 6.45) is 5.83. The molecule has 0 amide bonds. The van der Waals surface area contributed by atoms with Crippen molar-refractivity contribution in [2.24, 2.45) is 5.16 Å². The van der Waals surface area contributed by atoms with Crippen molar-refractivity contribution < 1.29 is 9.57 Å². The zero-order chi connectivity index (χ0) is 18.4. The number of ether oxygens (including phenoxy) is 1. The van der Waals surface area contributed by atoms with Crippen molar-refractivity contribution >= 4 is 11.8 Å². The SMILES string of the molecule is CON=CCc1ccc2c(c1)/C(=C\CCN(C)C)c1ccccc1CO2. The van der Waals surface area contributed by atoms with Gasteiger partial charge in [-0.2, -0.15) is 0 Å². The average Bonchev–Trinajstić information content (AvgIpc) is 2.79. The van der Waals surface area contributed by atoms with Crippen molar-refractivity contribution in [3.8, 4) is 5.75 Å². The lowest BCUT2D eigenvalue weighted by Gasteiger charge is -2.13. The topological polar surface area (TPSA) is 34.1 Å². The van der Waals surface area contributed by atoms with Gasteiger partial charge in [0.25, 0.3) is 0 Å². The Balaban J connectivity index is 2.02. The Morgan fingerprint density at radius 1 is 1.15 bits per heavy atom. The van der Waals surface area contributed by atoms with Crippen LogP contribution >= 0.6 is 0 Å². The van der Waals surface area contributed by atoms with Crippen molar-refractivity contribution in [1.82, 2.24) is 4.90 Å². The van der Waals surface area contributed by atoms with Gasteiger partial charge in [0.2, 0.25) is 0 Å². The Labute approximate surface area is 155 Å². The molecule has 4 nitrogen and oxygen atoms in total. The molecule has 3 rings (SSSR count). The van der Waals surface area contributed by atoms with Gasteiger partial charge in [-0.05, 0) is 54.9 Å². The molecule has 0 bridgehead atoms. The van der Waals surface area contributed by atoms with Crippen molar-refractivity contribution in [2.45, 2.75) is 19.4 Å². The van der Waals surface area contributed by atoms with E-state index in [1.54, 1.807) is 13.3 Å². The van der Waals surface area contributed by atoms with Crippen LogP contribution in [0.4, 0.5) is 0 Å².